The number of rotatable bonds is 5. The maximum Gasteiger partial charge on any atom is 0.332 e. The quantitative estimate of drug-likeness (QED) is 0.622. The number of fused-ring (bicyclic) bond motifs is 1. The predicted octanol–water partition coefficient (Wildman–Crippen LogP) is 0.0935. The molecular formula is C14H14N2O5. The maximum absolute atomic E-state index is 12.2. The molecule has 1 aromatic heterocycles. The zero-order valence-corrected chi connectivity index (χ0v) is 11.0. The van der Waals surface area contributed by atoms with Crippen LogP contribution in [-0.2, 0) is 4.79 Å². The Kier molecular flexibility index (Phi) is 4.34. The second-order valence-electron chi connectivity index (χ2n) is 4.48. The Labute approximate surface area is 119 Å². The Morgan fingerprint density at radius 1 is 1.29 bits per heavy atom. The summed E-state index contributed by atoms with van der Waals surface area (Å²) in [6, 6.07) is 6.80. The van der Waals surface area contributed by atoms with Crippen LogP contribution in [0.1, 0.15) is 16.8 Å². The summed E-state index contributed by atoms with van der Waals surface area (Å²) in [6.45, 7) is -0.0431. The van der Waals surface area contributed by atoms with E-state index in [-0.39, 0.29) is 18.5 Å². The number of aromatic amines is 1. The van der Waals surface area contributed by atoms with Gasteiger partial charge in [0.25, 0.3) is 5.91 Å². The van der Waals surface area contributed by atoms with Crippen molar-refractivity contribution in [3.05, 3.63) is 46.2 Å². The van der Waals surface area contributed by atoms with Crippen molar-refractivity contribution in [3.8, 4) is 0 Å². The fourth-order valence-corrected chi connectivity index (χ4v) is 1.88. The molecule has 7 heteroatoms. The third-order valence-corrected chi connectivity index (χ3v) is 3.02. The van der Waals surface area contributed by atoms with Crippen LogP contribution in [0.15, 0.2) is 35.3 Å². The SMILES string of the molecule is O=C(NCCC(O)C(=O)O)c1c[nH]c2ccccc2c1=O. The number of hydrogen-bond donors (Lipinski definition) is 4. The van der Waals surface area contributed by atoms with E-state index in [2.05, 4.69) is 10.3 Å². The summed E-state index contributed by atoms with van der Waals surface area (Å²) >= 11 is 0. The third kappa shape index (κ3) is 3.26. The molecule has 0 spiro atoms. The summed E-state index contributed by atoms with van der Waals surface area (Å²) in [6.07, 6.45) is -0.361. The summed E-state index contributed by atoms with van der Waals surface area (Å²) in [7, 11) is 0. The van der Waals surface area contributed by atoms with E-state index in [9.17, 15) is 14.4 Å². The Balaban J connectivity index is 2.11. The fraction of sp³-hybridized carbons (Fsp3) is 0.214. The molecule has 1 heterocycles. The molecular weight excluding hydrogens is 276 g/mol. The van der Waals surface area contributed by atoms with Crippen molar-refractivity contribution < 1.29 is 19.8 Å². The normalized spacial score (nSPS) is 12.0. The van der Waals surface area contributed by atoms with Crippen LogP contribution in [0.3, 0.4) is 0 Å². The van der Waals surface area contributed by atoms with Crippen LogP contribution in [0.2, 0.25) is 0 Å². The number of benzene rings is 1. The highest BCUT2D eigenvalue weighted by molar-refractivity contribution is 5.97. The van der Waals surface area contributed by atoms with Gasteiger partial charge in [0, 0.05) is 30.1 Å². The predicted molar refractivity (Wildman–Crippen MR) is 75.2 cm³/mol. The summed E-state index contributed by atoms with van der Waals surface area (Å²) in [5.41, 5.74) is 0.166. The first-order chi connectivity index (χ1) is 10.0. The van der Waals surface area contributed by atoms with E-state index in [1.54, 1.807) is 24.3 Å². The van der Waals surface area contributed by atoms with E-state index >= 15 is 0 Å². The second-order valence-corrected chi connectivity index (χ2v) is 4.48. The molecule has 21 heavy (non-hydrogen) atoms. The van der Waals surface area contributed by atoms with Gasteiger partial charge in [-0.3, -0.25) is 9.59 Å². The molecule has 1 atom stereocenters. The average molecular weight is 290 g/mol. The molecule has 0 radical (unpaired) electrons. The van der Waals surface area contributed by atoms with Crippen molar-refractivity contribution in [2.45, 2.75) is 12.5 Å². The first kappa shape index (κ1) is 14.7. The monoisotopic (exact) mass is 290 g/mol. The van der Waals surface area contributed by atoms with E-state index in [0.717, 1.165) is 0 Å². The number of carbonyl (C=O) groups is 2. The molecule has 2 aromatic rings. The number of H-pyrrole nitrogens is 1. The minimum atomic E-state index is -1.54. The molecule has 4 N–H and O–H groups in total. The fourth-order valence-electron chi connectivity index (χ4n) is 1.88. The lowest BCUT2D eigenvalue weighted by atomic mass is 10.1. The molecule has 0 aliphatic heterocycles. The topological polar surface area (TPSA) is 119 Å². The average Bonchev–Trinajstić information content (AvgIpc) is 2.47. The zero-order chi connectivity index (χ0) is 15.4. The van der Waals surface area contributed by atoms with Crippen molar-refractivity contribution >= 4 is 22.8 Å². The molecule has 1 amide bonds. The maximum atomic E-state index is 12.2. The van der Waals surface area contributed by atoms with E-state index < -0.39 is 23.4 Å². The minimum absolute atomic E-state index is 0.0431. The number of hydrogen-bond acceptors (Lipinski definition) is 4. The van der Waals surface area contributed by atoms with Gasteiger partial charge in [-0.25, -0.2) is 4.79 Å². The van der Waals surface area contributed by atoms with Gasteiger partial charge in [0.1, 0.15) is 5.56 Å². The van der Waals surface area contributed by atoms with Crippen molar-refractivity contribution in [2.24, 2.45) is 0 Å². The molecule has 0 fully saturated rings. The van der Waals surface area contributed by atoms with E-state index in [1.807, 2.05) is 0 Å². The molecule has 1 aromatic carbocycles. The number of amides is 1. The Bertz CT molecular complexity index is 737. The van der Waals surface area contributed by atoms with Gasteiger partial charge in [0.05, 0.1) is 0 Å². The molecule has 0 saturated heterocycles. The highest BCUT2D eigenvalue weighted by Gasteiger charge is 2.15. The van der Waals surface area contributed by atoms with Gasteiger partial charge in [-0.15, -0.1) is 0 Å². The highest BCUT2D eigenvalue weighted by atomic mass is 16.4. The standard InChI is InChI=1S/C14H14N2O5/c17-11(14(20)21)5-6-15-13(19)9-7-16-10-4-2-1-3-8(10)12(9)18/h1-4,7,11,17H,5-6H2,(H,15,19)(H,16,18)(H,20,21). The van der Waals surface area contributed by atoms with Gasteiger partial charge in [-0.05, 0) is 12.1 Å². The van der Waals surface area contributed by atoms with Gasteiger partial charge >= 0.3 is 5.97 Å². The number of nitrogens with one attached hydrogen (secondary N) is 2. The van der Waals surface area contributed by atoms with Crippen LogP contribution in [0.25, 0.3) is 10.9 Å². The van der Waals surface area contributed by atoms with Crippen LogP contribution in [0.5, 0.6) is 0 Å². The van der Waals surface area contributed by atoms with Crippen molar-refractivity contribution in [1.82, 2.24) is 10.3 Å². The number of aromatic nitrogens is 1. The molecule has 1 unspecified atom stereocenters. The van der Waals surface area contributed by atoms with Crippen LogP contribution in [0.4, 0.5) is 0 Å². The van der Waals surface area contributed by atoms with Crippen molar-refractivity contribution in [3.63, 3.8) is 0 Å². The number of aliphatic carboxylic acids is 1. The molecule has 0 bridgehead atoms. The highest BCUT2D eigenvalue weighted by Crippen LogP contribution is 2.06. The third-order valence-electron chi connectivity index (χ3n) is 3.02. The summed E-state index contributed by atoms with van der Waals surface area (Å²) < 4.78 is 0. The molecule has 2 rings (SSSR count). The first-order valence-electron chi connectivity index (χ1n) is 6.30. The Morgan fingerprint density at radius 3 is 2.71 bits per heavy atom. The molecule has 7 nitrogen and oxygen atoms in total. The van der Waals surface area contributed by atoms with Crippen LogP contribution < -0.4 is 10.7 Å². The largest absolute Gasteiger partial charge is 0.479 e. The number of pyridine rings is 1. The molecule has 0 aliphatic rings. The molecule has 0 aliphatic carbocycles. The summed E-state index contributed by atoms with van der Waals surface area (Å²) in [5.74, 6) is -1.97. The number of carbonyl (C=O) groups excluding carboxylic acids is 1. The smallest absolute Gasteiger partial charge is 0.332 e. The van der Waals surface area contributed by atoms with E-state index in [0.29, 0.717) is 10.9 Å². The number of aliphatic hydroxyl groups excluding tert-OH is 1. The van der Waals surface area contributed by atoms with E-state index in [1.165, 1.54) is 6.20 Å². The van der Waals surface area contributed by atoms with Gasteiger partial charge in [0.2, 0.25) is 5.43 Å². The van der Waals surface area contributed by atoms with Gasteiger partial charge in [-0.1, -0.05) is 12.1 Å². The molecule has 110 valence electrons. The van der Waals surface area contributed by atoms with Crippen LogP contribution in [0, 0.1) is 0 Å². The number of aliphatic hydroxyl groups is 1. The second kappa shape index (κ2) is 6.19. The van der Waals surface area contributed by atoms with Crippen LogP contribution >= 0.6 is 0 Å². The number of carboxylic acids is 1. The Morgan fingerprint density at radius 2 is 2.00 bits per heavy atom. The summed E-state index contributed by atoms with van der Waals surface area (Å²) in [4.78, 5) is 37.3. The minimum Gasteiger partial charge on any atom is -0.479 e. The molecule has 0 saturated carbocycles. The van der Waals surface area contributed by atoms with Crippen molar-refractivity contribution in [2.75, 3.05) is 6.54 Å². The summed E-state index contributed by atoms with van der Waals surface area (Å²) in [5, 5.41) is 20.4. The van der Waals surface area contributed by atoms with Gasteiger partial charge < -0.3 is 20.5 Å². The van der Waals surface area contributed by atoms with E-state index in [4.69, 9.17) is 10.2 Å². The lowest BCUT2D eigenvalue weighted by Crippen LogP contribution is -2.32. The first-order valence-corrected chi connectivity index (χ1v) is 6.30. The van der Waals surface area contributed by atoms with Crippen molar-refractivity contribution in [1.29, 1.82) is 0 Å². The van der Waals surface area contributed by atoms with Crippen LogP contribution in [-0.4, -0.2) is 39.7 Å². The lowest BCUT2D eigenvalue weighted by Gasteiger charge is -2.07. The zero-order valence-electron chi connectivity index (χ0n) is 11.0. The lowest BCUT2D eigenvalue weighted by molar-refractivity contribution is -0.146. The van der Waals surface area contributed by atoms with Gasteiger partial charge in [-0.2, -0.15) is 0 Å². The van der Waals surface area contributed by atoms with Gasteiger partial charge in [0.15, 0.2) is 6.10 Å². The number of para-hydroxylation sites is 1. The number of carboxylic acid groups (broad SMARTS) is 1. The Hall–Kier alpha value is -2.67.